The molecule has 2 aromatic heterocycles. The van der Waals surface area contributed by atoms with Crippen LogP contribution in [-0.4, -0.2) is 56.4 Å². The van der Waals surface area contributed by atoms with Gasteiger partial charge >= 0.3 is 17.5 Å². The van der Waals surface area contributed by atoms with E-state index >= 15 is 0 Å². The normalized spacial score (nSPS) is 10.4. The van der Waals surface area contributed by atoms with Gasteiger partial charge < -0.3 is 19.9 Å². The minimum atomic E-state index is -0.616. The van der Waals surface area contributed by atoms with Gasteiger partial charge in [0, 0.05) is 13.1 Å². The van der Waals surface area contributed by atoms with Gasteiger partial charge in [0.25, 0.3) is 5.91 Å². The van der Waals surface area contributed by atoms with Gasteiger partial charge in [-0.15, -0.1) is 0 Å². The van der Waals surface area contributed by atoms with Crippen LogP contribution in [0.3, 0.4) is 0 Å². The molecule has 30 heavy (non-hydrogen) atoms. The summed E-state index contributed by atoms with van der Waals surface area (Å²) in [6.07, 6.45) is 2.30. The number of hydrogen-bond donors (Lipinski definition) is 2. The van der Waals surface area contributed by atoms with Crippen LogP contribution in [0.2, 0.25) is 0 Å². The van der Waals surface area contributed by atoms with Crippen molar-refractivity contribution >= 4 is 17.5 Å². The molecule has 0 saturated heterocycles. The fraction of sp³-hybridized carbons (Fsp3) is 0.235. The van der Waals surface area contributed by atoms with Crippen molar-refractivity contribution in [1.82, 2.24) is 30.6 Å². The highest BCUT2D eigenvalue weighted by Gasteiger charge is 2.16. The van der Waals surface area contributed by atoms with Crippen molar-refractivity contribution in [3.8, 4) is 5.75 Å². The zero-order valence-corrected chi connectivity index (χ0v) is 15.6. The van der Waals surface area contributed by atoms with Gasteiger partial charge in [0.1, 0.15) is 24.7 Å². The van der Waals surface area contributed by atoms with Crippen molar-refractivity contribution in [1.29, 1.82) is 0 Å². The Bertz CT molecular complexity index is 1020. The molecule has 2 heterocycles. The monoisotopic (exact) mass is 415 g/mol. The molecule has 2 N–H and O–H groups in total. The molecule has 0 atom stereocenters. The summed E-state index contributed by atoms with van der Waals surface area (Å²) in [6.45, 7) is 0.179. The number of rotatable bonds is 10. The first-order chi connectivity index (χ1) is 14.5. The first kappa shape index (κ1) is 20.4. The first-order valence-electron chi connectivity index (χ1n) is 8.73. The van der Waals surface area contributed by atoms with Gasteiger partial charge in [-0.25, -0.2) is 0 Å². The van der Waals surface area contributed by atoms with E-state index in [9.17, 15) is 19.7 Å². The SMILES string of the molecule is O=C(COc1ccccc1)NCCNC(=O)c1nc(Cn2cc([N+](=O)[O-])cn2)no1. The van der Waals surface area contributed by atoms with Crippen molar-refractivity contribution in [2.75, 3.05) is 19.7 Å². The zero-order valence-electron chi connectivity index (χ0n) is 15.6. The number of nitro groups is 1. The summed E-state index contributed by atoms with van der Waals surface area (Å²) in [6, 6.07) is 8.90. The standard InChI is InChI=1S/C17H17N7O6/c25-15(11-29-13-4-2-1-3-5-13)18-6-7-19-16(26)17-21-14(22-30-17)10-23-9-12(8-20-23)24(27)28/h1-5,8-9H,6-7,10-11H2,(H,18,25)(H,19,26). The molecule has 0 fully saturated rings. The van der Waals surface area contributed by atoms with Gasteiger partial charge in [0.15, 0.2) is 12.4 Å². The van der Waals surface area contributed by atoms with E-state index in [1.807, 2.05) is 6.07 Å². The lowest BCUT2D eigenvalue weighted by molar-refractivity contribution is -0.385. The van der Waals surface area contributed by atoms with E-state index in [4.69, 9.17) is 9.26 Å². The number of nitrogens with one attached hydrogen (secondary N) is 2. The molecule has 13 heteroatoms. The molecule has 0 aliphatic rings. The van der Waals surface area contributed by atoms with Crippen LogP contribution >= 0.6 is 0 Å². The summed E-state index contributed by atoms with van der Waals surface area (Å²) in [4.78, 5) is 37.7. The molecule has 0 radical (unpaired) electrons. The third-order valence-electron chi connectivity index (χ3n) is 3.64. The van der Waals surface area contributed by atoms with E-state index < -0.39 is 10.8 Å². The van der Waals surface area contributed by atoms with Crippen LogP contribution in [0.1, 0.15) is 16.5 Å². The van der Waals surface area contributed by atoms with E-state index in [0.717, 1.165) is 6.20 Å². The van der Waals surface area contributed by atoms with Crippen LogP contribution in [-0.2, 0) is 11.3 Å². The highest BCUT2D eigenvalue weighted by Crippen LogP contribution is 2.09. The Morgan fingerprint density at radius 2 is 1.97 bits per heavy atom. The molecule has 3 aromatic rings. The van der Waals surface area contributed by atoms with Crippen LogP contribution in [0.25, 0.3) is 0 Å². The minimum Gasteiger partial charge on any atom is -0.484 e. The van der Waals surface area contributed by atoms with E-state index in [2.05, 4.69) is 25.9 Å². The molecular weight excluding hydrogens is 398 g/mol. The van der Waals surface area contributed by atoms with Crippen LogP contribution in [0.4, 0.5) is 5.69 Å². The minimum absolute atomic E-state index is 0.00208. The van der Waals surface area contributed by atoms with Gasteiger partial charge in [-0.2, -0.15) is 10.1 Å². The van der Waals surface area contributed by atoms with E-state index in [1.54, 1.807) is 24.3 Å². The molecule has 156 valence electrons. The molecule has 0 unspecified atom stereocenters. The number of aromatic nitrogens is 4. The topological polar surface area (TPSA) is 167 Å². The summed E-state index contributed by atoms with van der Waals surface area (Å²) in [5.41, 5.74) is -0.173. The van der Waals surface area contributed by atoms with Crippen molar-refractivity contribution in [2.24, 2.45) is 0 Å². The molecule has 13 nitrogen and oxygen atoms in total. The lowest BCUT2D eigenvalue weighted by atomic mass is 10.3. The van der Waals surface area contributed by atoms with Crippen LogP contribution in [0.5, 0.6) is 5.75 Å². The predicted molar refractivity (Wildman–Crippen MR) is 99.6 cm³/mol. The van der Waals surface area contributed by atoms with E-state index in [0.29, 0.717) is 5.75 Å². The lowest BCUT2D eigenvalue weighted by Gasteiger charge is -2.07. The van der Waals surface area contributed by atoms with Gasteiger partial charge in [0.05, 0.1) is 4.92 Å². The van der Waals surface area contributed by atoms with Crippen molar-refractivity contribution < 1.29 is 23.8 Å². The number of ether oxygens (including phenoxy) is 1. The fourth-order valence-corrected chi connectivity index (χ4v) is 2.26. The Labute approximate surface area is 169 Å². The van der Waals surface area contributed by atoms with Crippen LogP contribution in [0, 0.1) is 10.1 Å². The van der Waals surface area contributed by atoms with E-state index in [1.165, 1.54) is 10.9 Å². The van der Waals surface area contributed by atoms with Crippen LogP contribution < -0.4 is 15.4 Å². The van der Waals surface area contributed by atoms with Gasteiger partial charge in [-0.05, 0) is 12.1 Å². The summed E-state index contributed by atoms with van der Waals surface area (Å²) < 4.78 is 11.4. The largest absolute Gasteiger partial charge is 0.484 e. The number of para-hydroxylation sites is 1. The Balaban J connectivity index is 1.36. The predicted octanol–water partition coefficient (Wildman–Crippen LogP) is 0.148. The molecule has 0 spiro atoms. The highest BCUT2D eigenvalue weighted by atomic mass is 16.6. The summed E-state index contributed by atoms with van der Waals surface area (Å²) in [5.74, 6) is -0.510. The number of carbonyl (C=O) groups is 2. The molecule has 3 rings (SSSR count). The molecule has 0 aliphatic carbocycles. The smallest absolute Gasteiger partial charge is 0.316 e. The highest BCUT2D eigenvalue weighted by molar-refractivity contribution is 5.89. The van der Waals surface area contributed by atoms with Gasteiger partial charge in [-0.3, -0.25) is 24.4 Å². The van der Waals surface area contributed by atoms with Gasteiger partial charge in [-0.1, -0.05) is 23.4 Å². The summed E-state index contributed by atoms with van der Waals surface area (Å²) >= 11 is 0. The number of nitrogens with zero attached hydrogens (tertiary/aromatic N) is 5. The summed E-state index contributed by atoms with van der Waals surface area (Å²) in [5, 5.41) is 23.2. The average molecular weight is 415 g/mol. The maximum Gasteiger partial charge on any atom is 0.316 e. The van der Waals surface area contributed by atoms with Crippen molar-refractivity contribution in [3.63, 3.8) is 0 Å². The Hall–Kier alpha value is -4.29. The second-order valence-corrected chi connectivity index (χ2v) is 5.88. The van der Waals surface area contributed by atoms with Crippen LogP contribution in [0.15, 0.2) is 47.2 Å². The Morgan fingerprint density at radius 1 is 1.20 bits per heavy atom. The zero-order chi connectivity index (χ0) is 21.3. The molecule has 0 aliphatic heterocycles. The second-order valence-electron chi connectivity index (χ2n) is 5.88. The third-order valence-corrected chi connectivity index (χ3v) is 3.64. The lowest BCUT2D eigenvalue weighted by Crippen LogP contribution is -2.36. The quantitative estimate of drug-likeness (QED) is 0.266. The number of carbonyl (C=O) groups excluding carboxylic acids is 2. The number of amides is 2. The molecular formula is C17H17N7O6. The first-order valence-corrected chi connectivity index (χ1v) is 8.73. The maximum absolute atomic E-state index is 12.0. The van der Waals surface area contributed by atoms with Crippen molar-refractivity contribution in [3.05, 3.63) is 64.6 Å². The van der Waals surface area contributed by atoms with E-state index in [-0.39, 0.29) is 49.6 Å². The number of benzene rings is 1. The Morgan fingerprint density at radius 3 is 2.70 bits per heavy atom. The fourth-order valence-electron chi connectivity index (χ4n) is 2.26. The second kappa shape index (κ2) is 9.77. The van der Waals surface area contributed by atoms with Gasteiger partial charge in [0.2, 0.25) is 0 Å². The number of hydrogen-bond acceptors (Lipinski definition) is 9. The summed E-state index contributed by atoms with van der Waals surface area (Å²) in [7, 11) is 0. The maximum atomic E-state index is 12.0. The molecule has 2 amide bonds. The third kappa shape index (κ3) is 5.85. The molecule has 0 bridgehead atoms. The molecule has 0 saturated carbocycles. The van der Waals surface area contributed by atoms with Crippen molar-refractivity contribution in [2.45, 2.75) is 6.54 Å². The Kier molecular flexibility index (Phi) is 6.66. The molecule has 1 aromatic carbocycles. The average Bonchev–Trinajstić information content (AvgIpc) is 3.40.